The van der Waals surface area contributed by atoms with Gasteiger partial charge in [-0.1, -0.05) is 30.4 Å². The topological polar surface area (TPSA) is 39.9 Å². The summed E-state index contributed by atoms with van der Waals surface area (Å²) >= 11 is 5.55. The van der Waals surface area contributed by atoms with E-state index in [-0.39, 0.29) is 0 Å². The van der Waals surface area contributed by atoms with Crippen LogP contribution in [0.4, 0.5) is 5.69 Å². The second-order valence-electron chi connectivity index (χ2n) is 7.06. The van der Waals surface area contributed by atoms with Crippen LogP contribution in [0.1, 0.15) is 23.1 Å². The number of aryl methyl sites for hydroxylation is 1. The normalized spacial score (nSPS) is 14.8. The van der Waals surface area contributed by atoms with Crippen LogP contribution in [-0.4, -0.2) is 16.5 Å². The van der Waals surface area contributed by atoms with Gasteiger partial charge in [0.05, 0.1) is 16.6 Å². The molecule has 27 heavy (non-hydrogen) atoms. The minimum atomic E-state index is 0.671. The molecule has 2 aliphatic heterocycles. The van der Waals surface area contributed by atoms with Crippen molar-refractivity contribution in [3.8, 4) is 28.3 Å². The van der Waals surface area contributed by atoms with Crippen LogP contribution in [0, 0.1) is 11.3 Å². The molecule has 2 aromatic carbocycles. The fourth-order valence-electron chi connectivity index (χ4n) is 4.20. The highest BCUT2D eigenvalue weighted by Gasteiger charge is 2.29. The van der Waals surface area contributed by atoms with Gasteiger partial charge in [-0.3, -0.25) is 4.98 Å². The number of aromatic nitrogens is 1. The molecule has 3 nitrogen and oxygen atoms in total. The van der Waals surface area contributed by atoms with E-state index in [4.69, 9.17) is 12.2 Å². The largest absolute Gasteiger partial charge is 0.335 e. The predicted octanol–water partition coefficient (Wildman–Crippen LogP) is 4.92. The lowest BCUT2D eigenvalue weighted by Gasteiger charge is -2.28. The van der Waals surface area contributed by atoms with Crippen LogP contribution in [0.25, 0.3) is 22.3 Å². The summed E-state index contributed by atoms with van der Waals surface area (Å²) in [6.07, 6.45) is 6.75. The number of rotatable bonds is 2. The quantitative estimate of drug-likeness (QED) is 0.603. The molecule has 3 aromatic rings. The van der Waals surface area contributed by atoms with Gasteiger partial charge in [0.25, 0.3) is 0 Å². The third kappa shape index (κ3) is 2.63. The molecule has 0 saturated heterocycles. The average molecular weight is 367 g/mol. The van der Waals surface area contributed by atoms with Gasteiger partial charge in [0.1, 0.15) is 0 Å². The standard InChI is InChI=1S/C23H17N3S/c24-12-17-3-1-2-4-21(17)20-11-19(13-25-14-20)18-9-15-5-6-22(27)26-8-7-16(10-18)23(15)26/h1-4,9-11,13-14H,5-8H2. The fraction of sp³-hybridized carbons (Fsp3) is 0.174. The number of anilines is 1. The van der Waals surface area contributed by atoms with Crippen molar-refractivity contribution in [2.75, 3.05) is 11.4 Å². The number of hydrogen-bond donors (Lipinski definition) is 0. The Morgan fingerprint density at radius 1 is 0.926 bits per heavy atom. The van der Waals surface area contributed by atoms with Crippen LogP contribution in [0.15, 0.2) is 54.9 Å². The maximum absolute atomic E-state index is 9.41. The Balaban J connectivity index is 1.61. The van der Waals surface area contributed by atoms with Crippen molar-refractivity contribution in [3.63, 3.8) is 0 Å². The lowest BCUT2D eigenvalue weighted by Crippen LogP contribution is -2.31. The van der Waals surface area contributed by atoms with Crippen molar-refractivity contribution in [2.45, 2.75) is 19.3 Å². The first-order valence-electron chi connectivity index (χ1n) is 9.15. The Morgan fingerprint density at radius 2 is 1.70 bits per heavy atom. The molecule has 0 aliphatic carbocycles. The molecule has 0 bridgehead atoms. The smallest absolute Gasteiger partial charge is 0.0998 e. The van der Waals surface area contributed by atoms with Gasteiger partial charge < -0.3 is 4.90 Å². The van der Waals surface area contributed by atoms with Crippen LogP contribution in [0.5, 0.6) is 0 Å². The molecule has 0 radical (unpaired) electrons. The molecule has 0 atom stereocenters. The summed E-state index contributed by atoms with van der Waals surface area (Å²) in [6.45, 7) is 0.998. The Bertz CT molecular complexity index is 1130. The first-order chi connectivity index (χ1) is 13.2. The molecule has 5 rings (SSSR count). The maximum Gasteiger partial charge on any atom is 0.0998 e. The summed E-state index contributed by atoms with van der Waals surface area (Å²) in [7, 11) is 0. The molecule has 0 N–H and O–H groups in total. The molecule has 0 saturated carbocycles. The Morgan fingerprint density at radius 3 is 2.56 bits per heavy atom. The third-order valence-corrected chi connectivity index (χ3v) is 5.91. The van der Waals surface area contributed by atoms with Gasteiger partial charge in [-0.2, -0.15) is 5.26 Å². The monoisotopic (exact) mass is 367 g/mol. The molecule has 0 spiro atoms. The molecule has 3 heterocycles. The maximum atomic E-state index is 9.41. The van der Waals surface area contributed by atoms with Crippen molar-refractivity contribution in [2.24, 2.45) is 0 Å². The van der Waals surface area contributed by atoms with Gasteiger partial charge in [-0.05, 0) is 53.8 Å². The van der Waals surface area contributed by atoms with Crippen LogP contribution in [0.2, 0.25) is 0 Å². The van der Waals surface area contributed by atoms with E-state index >= 15 is 0 Å². The molecular weight excluding hydrogens is 350 g/mol. The zero-order valence-electron chi connectivity index (χ0n) is 14.8. The van der Waals surface area contributed by atoms with E-state index in [1.165, 1.54) is 22.4 Å². The highest BCUT2D eigenvalue weighted by molar-refractivity contribution is 7.80. The van der Waals surface area contributed by atoms with E-state index in [0.717, 1.165) is 47.5 Å². The molecule has 0 unspecified atom stereocenters. The van der Waals surface area contributed by atoms with Crippen molar-refractivity contribution in [1.29, 1.82) is 5.26 Å². The molecular formula is C23H17N3S. The van der Waals surface area contributed by atoms with E-state index in [2.05, 4.69) is 34.2 Å². The summed E-state index contributed by atoms with van der Waals surface area (Å²) in [4.78, 5) is 7.85. The van der Waals surface area contributed by atoms with Crippen LogP contribution >= 0.6 is 12.2 Å². The Hall–Kier alpha value is -3.03. The summed E-state index contributed by atoms with van der Waals surface area (Å²) in [5.74, 6) is 0. The number of pyridine rings is 1. The van der Waals surface area contributed by atoms with E-state index in [0.29, 0.717) is 5.56 Å². The fourth-order valence-corrected chi connectivity index (χ4v) is 4.49. The summed E-state index contributed by atoms with van der Waals surface area (Å²) in [6, 6.07) is 16.7. The van der Waals surface area contributed by atoms with E-state index in [1.807, 2.05) is 36.7 Å². The number of hydrogen-bond acceptors (Lipinski definition) is 3. The number of thiocarbonyl (C=S) groups is 1. The van der Waals surface area contributed by atoms with Crippen molar-refractivity contribution >= 4 is 22.9 Å². The number of benzene rings is 2. The molecule has 1 aromatic heterocycles. The van der Waals surface area contributed by atoms with Crippen LogP contribution in [-0.2, 0) is 12.8 Å². The van der Waals surface area contributed by atoms with Crippen molar-refractivity contribution in [1.82, 2.24) is 4.98 Å². The highest BCUT2D eigenvalue weighted by atomic mass is 32.1. The molecule has 130 valence electrons. The third-order valence-electron chi connectivity index (χ3n) is 5.48. The van der Waals surface area contributed by atoms with E-state index in [1.54, 1.807) is 0 Å². The second kappa shape index (κ2) is 6.29. The highest BCUT2D eigenvalue weighted by Crippen LogP contribution is 2.40. The Kier molecular flexibility index (Phi) is 3.77. The van der Waals surface area contributed by atoms with E-state index < -0.39 is 0 Å². The Labute approximate surface area is 163 Å². The summed E-state index contributed by atoms with van der Waals surface area (Å²) in [5, 5.41) is 9.41. The predicted molar refractivity (Wildman–Crippen MR) is 112 cm³/mol. The summed E-state index contributed by atoms with van der Waals surface area (Å²) < 4.78 is 0. The SMILES string of the molecule is N#Cc1ccccc1-c1cncc(-c2cc3c4c(c2)CCN4C(=S)CC3)c1. The van der Waals surface area contributed by atoms with Crippen molar-refractivity contribution in [3.05, 3.63) is 71.5 Å². The van der Waals surface area contributed by atoms with Gasteiger partial charge in [0.2, 0.25) is 0 Å². The lowest BCUT2D eigenvalue weighted by molar-refractivity contribution is 0.943. The van der Waals surface area contributed by atoms with Gasteiger partial charge in [-0.25, -0.2) is 0 Å². The number of nitriles is 1. The minimum absolute atomic E-state index is 0.671. The van der Waals surface area contributed by atoms with Gasteiger partial charge >= 0.3 is 0 Å². The van der Waals surface area contributed by atoms with Crippen LogP contribution < -0.4 is 4.90 Å². The first kappa shape index (κ1) is 16.2. The molecule has 0 amide bonds. The minimum Gasteiger partial charge on any atom is -0.335 e. The molecule has 2 aliphatic rings. The van der Waals surface area contributed by atoms with E-state index in [9.17, 15) is 5.26 Å². The number of nitrogens with zero attached hydrogens (tertiary/aromatic N) is 3. The van der Waals surface area contributed by atoms with Gasteiger partial charge in [0.15, 0.2) is 0 Å². The first-order valence-corrected chi connectivity index (χ1v) is 9.56. The zero-order valence-corrected chi connectivity index (χ0v) is 15.6. The lowest BCUT2D eigenvalue weighted by atomic mass is 9.93. The molecule has 0 fully saturated rings. The van der Waals surface area contributed by atoms with Crippen molar-refractivity contribution < 1.29 is 0 Å². The van der Waals surface area contributed by atoms with Crippen LogP contribution in [0.3, 0.4) is 0 Å². The second-order valence-corrected chi connectivity index (χ2v) is 7.53. The zero-order chi connectivity index (χ0) is 18.4. The summed E-state index contributed by atoms with van der Waals surface area (Å²) in [5.41, 5.74) is 8.96. The van der Waals surface area contributed by atoms with Gasteiger partial charge in [0, 0.05) is 47.7 Å². The average Bonchev–Trinajstić information content (AvgIpc) is 3.16. The molecule has 4 heteroatoms. The van der Waals surface area contributed by atoms with Gasteiger partial charge in [-0.15, -0.1) is 0 Å².